The highest BCUT2D eigenvalue weighted by molar-refractivity contribution is 7.85. The Morgan fingerprint density at radius 1 is 1.11 bits per heavy atom. The molecule has 0 aliphatic heterocycles. The minimum absolute atomic E-state index is 0.0458. The lowest BCUT2D eigenvalue weighted by molar-refractivity contribution is 0.0784. The van der Waals surface area contributed by atoms with E-state index >= 15 is 0 Å². The molecule has 0 spiro atoms. The SMILES string of the molecule is CN(CC(CCCOS(C)(=O)=O)c1ccc(Cl)c(Cl)c1)C(=O)c1ccccc1. The van der Waals surface area contributed by atoms with Crippen molar-refractivity contribution in [2.75, 3.05) is 26.5 Å². The summed E-state index contributed by atoms with van der Waals surface area (Å²) in [4.78, 5) is 14.3. The molecule has 0 saturated carbocycles. The first-order chi connectivity index (χ1) is 13.2. The Bertz CT molecular complexity index is 904. The van der Waals surface area contributed by atoms with Crippen LogP contribution in [0, 0.1) is 0 Å². The first kappa shape index (κ1) is 22.7. The fourth-order valence-corrected chi connectivity index (χ4v) is 3.61. The van der Waals surface area contributed by atoms with Gasteiger partial charge < -0.3 is 4.90 Å². The molecule has 152 valence electrons. The zero-order chi connectivity index (χ0) is 20.7. The molecule has 8 heteroatoms. The van der Waals surface area contributed by atoms with E-state index in [4.69, 9.17) is 27.4 Å². The molecule has 28 heavy (non-hydrogen) atoms. The van der Waals surface area contributed by atoms with E-state index in [0.717, 1.165) is 11.8 Å². The molecule has 1 amide bonds. The molecule has 2 aromatic carbocycles. The minimum Gasteiger partial charge on any atom is -0.341 e. The van der Waals surface area contributed by atoms with E-state index in [-0.39, 0.29) is 18.4 Å². The molecule has 2 aromatic rings. The molecule has 1 atom stereocenters. The molecule has 1 unspecified atom stereocenters. The Morgan fingerprint density at radius 3 is 2.39 bits per heavy atom. The number of carbonyl (C=O) groups excluding carboxylic acids is 1. The van der Waals surface area contributed by atoms with Gasteiger partial charge in [-0.15, -0.1) is 0 Å². The number of rotatable bonds is 9. The second-order valence-electron chi connectivity index (χ2n) is 6.59. The van der Waals surface area contributed by atoms with Crippen LogP contribution in [-0.4, -0.2) is 45.7 Å². The van der Waals surface area contributed by atoms with Gasteiger partial charge in [0.2, 0.25) is 0 Å². The van der Waals surface area contributed by atoms with Crippen LogP contribution in [0.3, 0.4) is 0 Å². The Balaban J connectivity index is 2.12. The number of benzene rings is 2. The van der Waals surface area contributed by atoms with Gasteiger partial charge in [-0.25, -0.2) is 0 Å². The average molecular weight is 444 g/mol. The number of halogens is 2. The molecule has 0 N–H and O–H groups in total. The van der Waals surface area contributed by atoms with Crippen molar-refractivity contribution in [1.82, 2.24) is 4.90 Å². The van der Waals surface area contributed by atoms with Gasteiger partial charge in [0.05, 0.1) is 22.9 Å². The molecule has 5 nitrogen and oxygen atoms in total. The van der Waals surface area contributed by atoms with Crippen molar-refractivity contribution in [3.05, 3.63) is 69.7 Å². The average Bonchev–Trinajstić information content (AvgIpc) is 2.65. The number of hydrogen-bond acceptors (Lipinski definition) is 4. The lowest BCUT2D eigenvalue weighted by Crippen LogP contribution is -2.31. The summed E-state index contributed by atoms with van der Waals surface area (Å²) in [5, 5.41) is 0.895. The predicted molar refractivity (Wildman–Crippen MR) is 113 cm³/mol. The van der Waals surface area contributed by atoms with E-state index in [1.165, 1.54) is 0 Å². The van der Waals surface area contributed by atoms with Crippen LogP contribution in [0.1, 0.15) is 34.7 Å². The summed E-state index contributed by atoms with van der Waals surface area (Å²) < 4.78 is 27.1. The van der Waals surface area contributed by atoms with Crippen LogP contribution >= 0.6 is 23.2 Å². The van der Waals surface area contributed by atoms with Crippen molar-refractivity contribution in [2.45, 2.75) is 18.8 Å². The molecule has 0 radical (unpaired) electrons. The van der Waals surface area contributed by atoms with Gasteiger partial charge in [-0.3, -0.25) is 8.98 Å². The Labute approximate surface area is 176 Å². The summed E-state index contributed by atoms with van der Waals surface area (Å²) in [5.74, 6) is -0.131. The summed E-state index contributed by atoms with van der Waals surface area (Å²) in [7, 11) is -1.73. The van der Waals surface area contributed by atoms with Crippen LogP contribution in [0.5, 0.6) is 0 Å². The molecule has 0 heterocycles. The topological polar surface area (TPSA) is 63.7 Å². The standard InChI is InChI=1S/C20H23Cl2NO4S/c1-23(20(24)15-7-4-3-5-8-15)14-17(9-6-12-27-28(2,25)26)16-10-11-18(21)19(22)13-16/h3-5,7-8,10-11,13,17H,6,9,12,14H2,1-2H3. The summed E-state index contributed by atoms with van der Waals surface area (Å²) >= 11 is 12.2. The first-order valence-electron chi connectivity index (χ1n) is 8.77. The van der Waals surface area contributed by atoms with Crippen LogP contribution in [0.15, 0.2) is 48.5 Å². The van der Waals surface area contributed by atoms with Crippen LogP contribution in [0.4, 0.5) is 0 Å². The van der Waals surface area contributed by atoms with E-state index < -0.39 is 10.1 Å². The molecule has 0 aliphatic rings. The molecular weight excluding hydrogens is 421 g/mol. The molecule has 0 aromatic heterocycles. The summed E-state index contributed by atoms with van der Waals surface area (Å²) in [5.41, 5.74) is 1.54. The molecule has 2 rings (SSSR count). The monoisotopic (exact) mass is 443 g/mol. The van der Waals surface area contributed by atoms with Crippen LogP contribution in [-0.2, 0) is 14.3 Å². The number of amides is 1. The second-order valence-corrected chi connectivity index (χ2v) is 9.05. The van der Waals surface area contributed by atoms with Crippen molar-refractivity contribution in [3.8, 4) is 0 Å². The third kappa shape index (κ3) is 7.09. The fourth-order valence-electron chi connectivity index (χ4n) is 2.88. The maximum atomic E-state index is 12.7. The van der Waals surface area contributed by atoms with Gasteiger partial charge in [-0.05, 0) is 42.7 Å². The largest absolute Gasteiger partial charge is 0.341 e. The van der Waals surface area contributed by atoms with Gasteiger partial charge in [0.1, 0.15) is 0 Å². The van der Waals surface area contributed by atoms with Crippen molar-refractivity contribution >= 4 is 39.2 Å². The molecule has 0 fully saturated rings. The van der Waals surface area contributed by atoms with Crippen molar-refractivity contribution in [2.24, 2.45) is 0 Å². The van der Waals surface area contributed by atoms with Crippen LogP contribution < -0.4 is 0 Å². The third-order valence-electron chi connectivity index (χ3n) is 4.27. The number of nitrogens with zero attached hydrogens (tertiary/aromatic N) is 1. The maximum Gasteiger partial charge on any atom is 0.264 e. The highest BCUT2D eigenvalue weighted by atomic mass is 35.5. The zero-order valence-electron chi connectivity index (χ0n) is 15.8. The van der Waals surface area contributed by atoms with E-state index in [2.05, 4.69) is 0 Å². The maximum absolute atomic E-state index is 12.7. The Hall–Kier alpha value is -1.60. The normalized spacial score (nSPS) is 12.6. The third-order valence-corrected chi connectivity index (χ3v) is 5.60. The van der Waals surface area contributed by atoms with Crippen LogP contribution in [0.2, 0.25) is 10.0 Å². The Kier molecular flexibility index (Phi) is 8.31. The number of hydrogen-bond donors (Lipinski definition) is 0. The highest BCUT2D eigenvalue weighted by Gasteiger charge is 2.19. The van der Waals surface area contributed by atoms with Gasteiger partial charge in [-0.1, -0.05) is 47.5 Å². The first-order valence-corrected chi connectivity index (χ1v) is 11.3. The Morgan fingerprint density at radius 2 is 1.79 bits per heavy atom. The molecule has 0 aliphatic carbocycles. The van der Waals surface area contributed by atoms with Gasteiger partial charge in [-0.2, -0.15) is 8.42 Å². The predicted octanol–water partition coefficient (Wildman–Crippen LogP) is 4.61. The van der Waals surface area contributed by atoms with Gasteiger partial charge in [0, 0.05) is 25.1 Å². The van der Waals surface area contributed by atoms with Crippen LogP contribution in [0.25, 0.3) is 0 Å². The van der Waals surface area contributed by atoms with Gasteiger partial charge >= 0.3 is 0 Å². The summed E-state index contributed by atoms with van der Waals surface area (Å²) in [6, 6.07) is 14.4. The minimum atomic E-state index is -3.47. The quantitative estimate of drug-likeness (QED) is 0.419. The lowest BCUT2D eigenvalue weighted by atomic mass is 9.93. The second kappa shape index (κ2) is 10.3. The van der Waals surface area contributed by atoms with E-state index in [1.54, 1.807) is 36.2 Å². The lowest BCUT2D eigenvalue weighted by Gasteiger charge is -2.25. The molecule has 0 bridgehead atoms. The molecule has 0 saturated heterocycles. The highest BCUT2D eigenvalue weighted by Crippen LogP contribution is 2.29. The van der Waals surface area contributed by atoms with Crippen molar-refractivity contribution < 1.29 is 17.4 Å². The van der Waals surface area contributed by atoms with Gasteiger partial charge in [0.15, 0.2) is 0 Å². The summed E-state index contributed by atoms with van der Waals surface area (Å²) in [6.45, 7) is 0.539. The van der Waals surface area contributed by atoms with E-state index in [1.807, 2.05) is 24.3 Å². The van der Waals surface area contributed by atoms with E-state index in [0.29, 0.717) is 35.0 Å². The number of likely N-dealkylation sites (N-methyl/N-ethyl adjacent to an activating group) is 1. The smallest absolute Gasteiger partial charge is 0.264 e. The summed E-state index contributed by atoms with van der Waals surface area (Å²) in [6.07, 6.45) is 2.17. The molecular formula is C20H23Cl2NO4S. The van der Waals surface area contributed by atoms with E-state index in [9.17, 15) is 13.2 Å². The van der Waals surface area contributed by atoms with Crippen molar-refractivity contribution in [3.63, 3.8) is 0 Å². The van der Waals surface area contributed by atoms with Crippen molar-refractivity contribution in [1.29, 1.82) is 0 Å². The zero-order valence-corrected chi connectivity index (χ0v) is 18.1. The number of carbonyl (C=O) groups is 1. The fraction of sp³-hybridized carbons (Fsp3) is 0.350. The van der Waals surface area contributed by atoms with Gasteiger partial charge in [0.25, 0.3) is 16.0 Å².